The average molecular weight is 423 g/mol. The van der Waals surface area contributed by atoms with Gasteiger partial charge in [0, 0.05) is 16.2 Å². The Kier molecular flexibility index (Phi) is 4.46. The number of hydrogen-bond donors (Lipinski definition) is 2. The van der Waals surface area contributed by atoms with E-state index in [0.717, 1.165) is 10.5 Å². The maximum Gasteiger partial charge on any atom is 0.291 e. The van der Waals surface area contributed by atoms with Gasteiger partial charge in [-0.15, -0.1) is 0 Å². The summed E-state index contributed by atoms with van der Waals surface area (Å²) in [7, 11) is -3.81. The maximum absolute atomic E-state index is 12.3. The van der Waals surface area contributed by atoms with Crippen LogP contribution in [0.5, 0.6) is 0 Å². The third-order valence-electron chi connectivity index (χ3n) is 3.35. The van der Waals surface area contributed by atoms with Crippen LogP contribution in [-0.2, 0) is 10.0 Å². The Morgan fingerprint density at radius 1 is 1.08 bits per heavy atom. The van der Waals surface area contributed by atoms with E-state index in [-0.39, 0.29) is 21.7 Å². The number of nitrogens with one attached hydrogen (secondary N) is 1. The largest absolute Gasteiger partial charge is 0.451 e. The molecule has 0 aliphatic carbocycles. The van der Waals surface area contributed by atoms with Gasteiger partial charge in [0.25, 0.3) is 5.91 Å². The molecule has 0 unspecified atom stereocenters. The molecule has 3 N–H and O–H groups in total. The molecule has 0 spiro atoms. The molecule has 7 nitrogen and oxygen atoms in total. The van der Waals surface area contributed by atoms with Gasteiger partial charge in [-0.3, -0.25) is 9.59 Å². The molecule has 9 heteroatoms. The molecule has 0 aliphatic heterocycles. The molecule has 0 radical (unpaired) electrons. The van der Waals surface area contributed by atoms with Crippen LogP contribution < -0.4 is 15.9 Å². The second-order valence-electron chi connectivity index (χ2n) is 5.14. The fourth-order valence-corrected chi connectivity index (χ4v) is 3.04. The summed E-state index contributed by atoms with van der Waals surface area (Å²) in [5, 5.41) is 7.89. The highest BCUT2D eigenvalue weighted by molar-refractivity contribution is 9.10. The van der Waals surface area contributed by atoms with Crippen molar-refractivity contribution in [1.82, 2.24) is 0 Å². The first kappa shape index (κ1) is 17.3. The number of hydrogen-bond acceptors (Lipinski definition) is 5. The first-order valence-electron chi connectivity index (χ1n) is 6.92. The molecule has 0 fully saturated rings. The molecule has 3 rings (SSSR count). The third kappa shape index (κ3) is 3.78. The van der Waals surface area contributed by atoms with Crippen LogP contribution in [0.25, 0.3) is 11.0 Å². The summed E-state index contributed by atoms with van der Waals surface area (Å²) in [5.74, 6) is -0.791. The lowest BCUT2D eigenvalue weighted by Crippen LogP contribution is -2.15. The Hall–Kier alpha value is -2.49. The smallest absolute Gasteiger partial charge is 0.291 e. The number of anilines is 1. The zero-order chi connectivity index (χ0) is 18.2. The normalized spacial score (nSPS) is 11.4. The number of benzene rings is 2. The van der Waals surface area contributed by atoms with Crippen LogP contribution >= 0.6 is 15.9 Å². The summed E-state index contributed by atoms with van der Waals surface area (Å²) in [6.07, 6.45) is 0. The van der Waals surface area contributed by atoms with Crippen molar-refractivity contribution in [2.75, 3.05) is 5.32 Å². The highest BCUT2D eigenvalue weighted by atomic mass is 79.9. The minimum Gasteiger partial charge on any atom is -0.451 e. The molecule has 25 heavy (non-hydrogen) atoms. The van der Waals surface area contributed by atoms with Crippen molar-refractivity contribution in [2.45, 2.75) is 4.90 Å². The van der Waals surface area contributed by atoms with Crippen molar-refractivity contribution in [2.24, 2.45) is 5.14 Å². The zero-order valence-electron chi connectivity index (χ0n) is 12.5. The molecular formula is C16H11BrN2O5S. The summed E-state index contributed by atoms with van der Waals surface area (Å²) in [6, 6.07) is 11.3. The molecule has 1 aromatic heterocycles. The molecule has 0 saturated heterocycles. The van der Waals surface area contributed by atoms with E-state index in [1.165, 1.54) is 24.3 Å². The second kappa shape index (κ2) is 6.43. The van der Waals surface area contributed by atoms with E-state index in [1.807, 2.05) is 0 Å². The fourth-order valence-electron chi connectivity index (χ4n) is 2.16. The molecule has 3 aromatic rings. The highest BCUT2D eigenvalue weighted by Gasteiger charge is 2.14. The van der Waals surface area contributed by atoms with Crippen LogP contribution in [0.15, 0.2) is 67.1 Å². The van der Waals surface area contributed by atoms with Gasteiger partial charge in [-0.1, -0.05) is 15.9 Å². The van der Waals surface area contributed by atoms with Gasteiger partial charge >= 0.3 is 0 Å². The number of rotatable bonds is 3. The molecule has 128 valence electrons. The molecular weight excluding hydrogens is 412 g/mol. The predicted molar refractivity (Wildman–Crippen MR) is 96.0 cm³/mol. The standard InChI is InChI=1S/C16H11BrN2O5S/c17-9-1-6-14-12(7-9)13(20)8-15(24-14)16(21)19-10-2-4-11(5-3-10)25(18,22)23/h1-8H,(H,19,21)(H2,18,22,23). The Morgan fingerprint density at radius 2 is 1.76 bits per heavy atom. The van der Waals surface area contributed by atoms with Crippen molar-refractivity contribution in [3.8, 4) is 0 Å². The van der Waals surface area contributed by atoms with Crippen LogP contribution in [0.1, 0.15) is 10.6 Å². The summed E-state index contributed by atoms with van der Waals surface area (Å²) >= 11 is 3.27. The number of nitrogens with two attached hydrogens (primary N) is 1. The van der Waals surface area contributed by atoms with Gasteiger partial charge in [0.1, 0.15) is 5.58 Å². The van der Waals surface area contributed by atoms with Crippen molar-refractivity contribution in [3.05, 3.63) is 69.0 Å². The van der Waals surface area contributed by atoms with Gasteiger partial charge in [0.15, 0.2) is 11.2 Å². The SMILES string of the molecule is NS(=O)(=O)c1ccc(NC(=O)c2cc(=O)c3cc(Br)ccc3o2)cc1. The first-order valence-corrected chi connectivity index (χ1v) is 9.25. The van der Waals surface area contributed by atoms with Crippen molar-refractivity contribution >= 4 is 48.5 Å². The topological polar surface area (TPSA) is 119 Å². The Labute approximate surface area is 150 Å². The number of carbonyl (C=O) groups is 1. The predicted octanol–water partition coefficient (Wildman–Crippen LogP) is 2.46. The summed E-state index contributed by atoms with van der Waals surface area (Å²) in [4.78, 5) is 24.3. The molecule has 0 atom stereocenters. The van der Waals surface area contributed by atoms with E-state index in [0.29, 0.717) is 11.1 Å². The fraction of sp³-hybridized carbons (Fsp3) is 0. The lowest BCUT2D eigenvalue weighted by Gasteiger charge is -2.06. The number of halogens is 1. The van der Waals surface area contributed by atoms with Crippen LogP contribution in [-0.4, -0.2) is 14.3 Å². The maximum atomic E-state index is 12.3. The number of primary sulfonamides is 1. The third-order valence-corrected chi connectivity index (χ3v) is 4.78. The van der Waals surface area contributed by atoms with E-state index in [2.05, 4.69) is 21.2 Å². The number of fused-ring (bicyclic) bond motifs is 1. The summed E-state index contributed by atoms with van der Waals surface area (Å²) in [6.45, 7) is 0. The lowest BCUT2D eigenvalue weighted by atomic mass is 10.2. The zero-order valence-corrected chi connectivity index (χ0v) is 14.9. The minimum absolute atomic E-state index is 0.0756. The molecule has 0 saturated carbocycles. The van der Waals surface area contributed by atoms with Gasteiger partial charge in [0.2, 0.25) is 10.0 Å². The van der Waals surface area contributed by atoms with Gasteiger partial charge in [0.05, 0.1) is 10.3 Å². The first-order chi connectivity index (χ1) is 11.7. The van der Waals surface area contributed by atoms with Gasteiger partial charge < -0.3 is 9.73 Å². The molecule has 1 amide bonds. The van der Waals surface area contributed by atoms with Gasteiger partial charge in [-0.2, -0.15) is 0 Å². The van der Waals surface area contributed by atoms with E-state index >= 15 is 0 Å². The average Bonchev–Trinajstić information content (AvgIpc) is 2.55. The Bertz CT molecular complexity index is 1140. The van der Waals surface area contributed by atoms with Crippen molar-refractivity contribution in [1.29, 1.82) is 0 Å². The van der Waals surface area contributed by atoms with Gasteiger partial charge in [-0.05, 0) is 42.5 Å². The summed E-state index contributed by atoms with van der Waals surface area (Å²) in [5.41, 5.74) is 0.263. The van der Waals surface area contributed by atoms with E-state index in [9.17, 15) is 18.0 Å². The molecule has 2 aromatic carbocycles. The summed E-state index contributed by atoms with van der Waals surface area (Å²) < 4.78 is 28.6. The molecule has 0 bridgehead atoms. The van der Waals surface area contributed by atoms with Crippen molar-refractivity contribution < 1.29 is 17.6 Å². The lowest BCUT2D eigenvalue weighted by molar-refractivity contribution is 0.0997. The molecule has 1 heterocycles. The van der Waals surface area contributed by atoms with Crippen molar-refractivity contribution in [3.63, 3.8) is 0 Å². The van der Waals surface area contributed by atoms with E-state index in [1.54, 1.807) is 18.2 Å². The second-order valence-corrected chi connectivity index (χ2v) is 7.62. The number of sulfonamides is 1. The van der Waals surface area contributed by atoms with Crippen LogP contribution in [0.4, 0.5) is 5.69 Å². The van der Waals surface area contributed by atoms with Gasteiger partial charge in [-0.25, -0.2) is 13.6 Å². The minimum atomic E-state index is -3.81. The molecule has 0 aliphatic rings. The highest BCUT2D eigenvalue weighted by Crippen LogP contribution is 2.19. The van der Waals surface area contributed by atoms with Crippen LogP contribution in [0, 0.1) is 0 Å². The number of amides is 1. The van der Waals surface area contributed by atoms with Crippen LogP contribution in [0.2, 0.25) is 0 Å². The Balaban J connectivity index is 1.90. The van der Waals surface area contributed by atoms with E-state index < -0.39 is 15.9 Å². The van der Waals surface area contributed by atoms with E-state index in [4.69, 9.17) is 9.56 Å². The van der Waals surface area contributed by atoms with Crippen LogP contribution in [0.3, 0.4) is 0 Å². The Morgan fingerprint density at radius 3 is 2.40 bits per heavy atom. The quantitative estimate of drug-likeness (QED) is 0.671. The number of carbonyl (C=O) groups excluding carboxylic acids is 1. The monoisotopic (exact) mass is 422 g/mol.